The summed E-state index contributed by atoms with van der Waals surface area (Å²) in [6.45, 7) is 17.4. The molecular weight excluding hydrogens is 1070 g/mol. The number of benzene rings is 4. The van der Waals surface area contributed by atoms with Crippen molar-refractivity contribution in [2.24, 2.45) is 11.5 Å². The number of halogens is 2. The Labute approximate surface area is 474 Å². The lowest BCUT2D eigenvalue weighted by molar-refractivity contribution is -0.120. The normalized spacial score (nSPS) is 15.8. The summed E-state index contributed by atoms with van der Waals surface area (Å²) in [5.74, 6) is -1.63. The highest BCUT2D eigenvalue weighted by molar-refractivity contribution is 6.78. The number of aromatic hydroxyl groups is 1. The number of hydrogen-bond donors (Lipinski definition) is 3. The maximum Gasteiger partial charge on any atom is 0.415 e. The fraction of sp³-hybridized carbons (Fsp3) is 0.390. The number of rotatable bonds is 15. The van der Waals surface area contributed by atoms with Crippen molar-refractivity contribution in [3.05, 3.63) is 130 Å². The first-order valence-electron chi connectivity index (χ1n) is 27.4. The number of phenolic OH excluding ortho intramolecular Hbond substituents is 1. The van der Waals surface area contributed by atoms with Gasteiger partial charge in [0.2, 0.25) is 11.8 Å². The molecule has 10 rings (SSSR count). The molecule has 4 aliphatic rings. The number of carbonyl (C=O) groups excluding carboxylic acids is 6. The van der Waals surface area contributed by atoms with Gasteiger partial charge in [0.05, 0.1) is 37.3 Å². The van der Waals surface area contributed by atoms with Crippen molar-refractivity contribution in [2.45, 2.75) is 84.3 Å². The first-order valence-corrected chi connectivity index (χ1v) is 29.6. The van der Waals surface area contributed by atoms with Crippen LogP contribution in [0.2, 0.25) is 16.6 Å². The van der Waals surface area contributed by atoms with E-state index >= 15 is 0 Å². The molecule has 432 valence electrons. The zero-order chi connectivity index (χ0) is 58.7. The minimum absolute atomic E-state index is 0.0392. The number of aromatic nitrogens is 2. The van der Waals surface area contributed by atoms with E-state index in [1.807, 2.05) is 15.9 Å². The Kier molecular flexibility index (Phi) is 17.4. The summed E-state index contributed by atoms with van der Waals surface area (Å²) in [5, 5.41) is 11.9. The highest BCUT2D eigenvalue weighted by Crippen LogP contribution is 2.50. The fourth-order valence-electron chi connectivity index (χ4n) is 11.9. The molecule has 82 heavy (non-hydrogen) atoms. The molecular formula is C59H68F2N10O10Si. The molecule has 0 bridgehead atoms. The Hall–Kier alpha value is -8.28. The summed E-state index contributed by atoms with van der Waals surface area (Å²) in [4.78, 5) is 95.9. The van der Waals surface area contributed by atoms with Crippen LogP contribution in [-0.4, -0.2) is 154 Å². The molecule has 20 nitrogen and oxygen atoms in total. The third kappa shape index (κ3) is 12.0. The zero-order valence-corrected chi connectivity index (χ0v) is 47.8. The summed E-state index contributed by atoms with van der Waals surface area (Å²) in [6, 6.07) is 18.8. The number of pyridine rings is 2. The molecule has 0 saturated carbocycles. The van der Waals surface area contributed by atoms with Crippen molar-refractivity contribution in [3.63, 3.8) is 0 Å². The second-order valence-corrected chi connectivity index (χ2v) is 27.4. The van der Waals surface area contributed by atoms with E-state index < -0.39 is 38.2 Å². The van der Waals surface area contributed by atoms with Crippen LogP contribution in [0.25, 0.3) is 21.8 Å². The van der Waals surface area contributed by atoms with Crippen LogP contribution >= 0.6 is 0 Å². The maximum absolute atomic E-state index is 14.4. The third-order valence-electron chi connectivity index (χ3n) is 15.8. The van der Waals surface area contributed by atoms with Gasteiger partial charge < -0.3 is 50.1 Å². The molecule has 6 aromatic rings. The van der Waals surface area contributed by atoms with E-state index in [0.29, 0.717) is 96.7 Å². The Morgan fingerprint density at radius 3 is 1.38 bits per heavy atom. The van der Waals surface area contributed by atoms with Gasteiger partial charge in [-0.2, -0.15) is 0 Å². The number of nitrogens with two attached hydrogens (primary N) is 2. The van der Waals surface area contributed by atoms with E-state index in [2.05, 4.69) is 46.5 Å². The van der Waals surface area contributed by atoms with Gasteiger partial charge in [-0.1, -0.05) is 65.8 Å². The Morgan fingerprint density at radius 2 is 0.963 bits per heavy atom. The number of piperazine rings is 2. The van der Waals surface area contributed by atoms with Gasteiger partial charge in [-0.25, -0.2) is 18.4 Å². The number of phenols is 1. The average Bonchev–Trinajstić information content (AvgIpc) is 2.25. The lowest BCUT2D eigenvalue weighted by Crippen LogP contribution is -2.51. The molecule has 4 aromatic carbocycles. The van der Waals surface area contributed by atoms with Crippen molar-refractivity contribution in [2.75, 3.05) is 65.4 Å². The van der Waals surface area contributed by atoms with Gasteiger partial charge in [-0.3, -0.25) is 38.9 Å². The van der Waals surface area contributed by atoms with Gasteiger partial charge in [0.1, 0.15) is 39.9 Å². The average molecular weight is 1140 g/mol. The van der Waals surface area contributed by atoms with Gasteiger partial charge in [-0.15, -0.1) is 0 Å². The molecule has 6 amide bonds. The van der Waals surface area contributed by atoms with E-state index in [9.17, 15) is 42.7 Å². The van der Waals surface area contributed by atoms with Crippen LogP contribution in [-0.2, 0) is 35.8 Å². The Morgan fingerprint density at radius 1 is 0.573 bits per heavy atom. The van der Waals surface area contributed by atoms with E-state index in [-0.39, 0.29) is 102 Å². The monoisotopic (exact) mass is 1140 g/mol. The van der Waals surface area contributed by atoms with Crippen LogP contribution in [0.15, 0.2) is 85.2 Å². The van der Waals surface area contributed by atoms with E-state index in [1.165, 1.54) is 40.3 Å². The first kappa shape index (κ1) is 58.4. The van der Waals surface area contributed by atoms with Crippen molar-refractivity contribution in [1.82, 2.24) is 39.4 Å². The second kappa shape index (κ2) is 24.4. The van der Waals surface area contributed by atoms with Crippen LogP contribution in [0.4, 0.5) is 18.4 Å². The quantitative estimate of drug-likeness (QED) is 0.0842. The molecule has 0 unspecified atom stereocenters. The van der Waals surface area contributed by atoms with Gasteiger partial charge in [0, 0.05) is 99.7 Å². The topological polar surface area (TPSA) is 248 Å². The van der Waals surface area contributed by atoms with Crippen molar-refractivity contribution < 1.29 is 56.6 Å². The Balaban J connectivity index is 0.000000203. The summed E-state index contributed by atoms with van der Waals surface area (Å²) in [7, 11) is -2.56. The van der Waals surface area contributed by atoms with Crippen LogP contribution in [0.3, 0.4) is 0 Å². The molecule has 6 heterocycles. The molecule has 4 aliphatic heterocycles. The van der Waals surface area contributed by atoms with Crippen molar-refractivity contribution >= 4 is 65.9 Å². The molecule has 2 aromatic heterocycles. The SMILES string of the molecule is CC(C)[Si](Oc1c2c(c(OC(=O)N3CCN(CC(N)=O)CC3)c3cccnc13)CN(Cc1ccc(F)cc1)C2=O)(C(C)C)C(C)C.NC(=O)CN1CCN(C(=O)Oc2c3c(c(O)c4ncccc24)C(=O)N(Cc2ccc(F)cc2)C3)CC1. The smallest absolute Gasteiger partial charge is 0.415 e. The number of hydrogen-bond acceptors (Lipinski definition) is 14. The van der Waals surface area contributed by atoms with Crippen molar-refractivity contribution in [3.8, 4) is 23.0 Å². The maximum atomic E-state index is 14.4. The summed E-state index contributed by atoms with van der Waals surface area (Å²) < 4.78 is 46.3. The van der Waals surface area contributed by atoms with E-state index in [4.69, 9.17) is 30.4 Å². The number of primary amides is 2. The lowest BCUT2D eigenvalue weighted by Gasteiger charge is -2.42. The number of carbonyl (C=O) groups is 6. The number of fused-ring (bicyclic) bond motifs is 4. The van der Waals surface area contributed by atoms with Gasteiger partial charge in [-0.05, 0) is 76.3 Å². The van der Waals surface area contributed by atoms with Crippen LogP contribution in [0.5, 0.6) is 23.0 Å². The number of amides is 6. The highest BCUT2D eigenvalue weighted by atomic mass is 28.4. The third-order valence-corrected chi connectivity index (χ3v) is 21.8. The van der Waals surface area contributed by atoms with Crippen LogP contribution in [0, 0.1) is 11.6 Å². The highest BCUT2D eigenvalue weighted by Gasteiger charge is 2.49. The van der Waals surface area contributed by atoms with Gasteiger partial charge in [0.25, 0.3) is 20.1 Å². The van der Waals surface area contributed by atoms with E-state index in [1.54, 1.807) is 58.5 Å². The zero-order valence-electron chi connectivity index (χ0n) is 46.8. The second-order valence-electron chi connectivity index (χ2n) is 22.0. The standard InChI is InChI=1S/C34H44FN5O5Si.C25H24FN5O5/c1-21(2)46(22(3)4,23(5)6)45-32-29-27(19-40(33(29)42)18-24-9-11-25(35)12-10-24)31(26-8-7-13-37-30(26)32)44-34(43)39-16-14-38(15-17-39)20-28(36)41;26-16-5-3-15(4-6-16)12-31-13-18-20(24(31)34)22(33)21-17(2-1-7-28-21)23(18)36-25(35)30-10-8-29(9-11-30)14-19(27)32/h7-13,21-23H,14-20H2,1-6H3,(H2,36,41);1-7,33H,8-14H2,(H2,27,32). The fourth-order valence-corrected chi connectivity index (χ4v) is 17.1. The minimum atomic E-state index is -2.56. The Bertz CT molecular complexity index is 3400. The van der Waals surface area contributed by atoms with Gasteiger partial charge in [0.15, 0.2) is 5.75 Å². The summed E-state index contributed by atoms with van der Waals surface area (Å²) in [5.41, 5.74) is 14.8. The first-order chi connectivity index (χ1) is 39.1. The van der Waals surface area contributed by atoms with Gasteiger partial charge >= 0.3 is 12.2 Å². The molecule has 0 radical (unpaired) electrons. The summed E-state index contributed by atoms with van der Waals surface area (Å²) >= 11 is 0. The predicted molar refractivity (Wildman–Crippen MR) is 303 cm³/mol. The minimum Gasteiger partial charge on any atom is -0.541 e. The molecule has 5 N–H and O–H groups in total. The molecule has 2 saturated heterocycles. The molecule has 0 aliphatic carbocycles. The summed E-state index contributed by atoms with van der Waals surface area (Å²) in [6.07, 6.45) is 1.99. The van der Waals surface area contributed by atoms with Crippen LogP contribution < -0.4 is 25.4 Å². The number of nitrogens with zero attached hydrogens (tertiary/aromatic N) is 8. The van der Waals surface area contributed by atoms with Crippen molar-refractivity contribution in [1.29, 1.82) is 0 Å². The predicted octanol–water partition coefficient (Wildman–Crippen LogP) is 7.52. The van der Waals surface area contributed by atoms with E-state index in [0.717, 1.165) is 5.56 Å². The number of ether oxygens (including phenoxy) is 2. The molecule has 23 heteroatoms. The molecule has 2 fully saturated rings. The molecule has 0 spiro atoms. The van der Waals surface area contributed by atoms with Crippen LogP contribution in [0.1, 0.15) is 84.5 Å². The largest absolute Gasteiger partial charge is 0.541 e. The molecule has 0 atom stereocenters. The lowest BCUT2D eigenvalue weighted by atomic mass is 10.0.